The van der Waals surface area contributed by atoms with Crippen LogP contribution in [0.3, 0.4) is 0 Å². The Morgan fingerprint density at radius 1 is 0.860 bits per heavy atom. The Kier molecular flexibility index (Phi) is 31.3. The van der Waals surface area contributed by atoms with E-state index in [0.29, 0.717) is 25.0 Å². The molecule has 11 nitrogen and oxygen atoms in total. The molecule has 0 bridgehead atoms. The molecule has 0 radical (unpaired) electrons. The maximum absolute atomic E-state index is 11.7. The van der Waals surface area contributed by atoms with Crippen LogP contribution in [0, 0.1) is 11.8 Å². The van der Waals surface area contributed by atoms with Gasteiger partial charge in [0, 0.05) is 40.7 Å². The molecule has 1 saturated heterocycles. The fraction of sp³-hybridized carbons (Fsp3) is 0.875. The highest BCUT2D eigenvalue weighted by molar-refractivity contribution is 5.87. The fourth-order valence-electron chi connectivity index (χ4n) is 4.18. The number of nitrogens with two attached hydrogens (primary N) is 1. The zero-order chi connectivity index (χ0) is 33.8. The number of hydrogen-bond donors (Lipinski definition) is 4. The standard InChI is InChI=1S/C14H28N2O3.C13H24N2O4.C3H8.C2H6/c1-5-7-12(6-2)8-9-19-10(3)13(14(15)18)16-11(4)17;1-9(12(13(17)14-3)15-10(2)16)19-8-11-4-6-18-7-5-11;1-3-2;1-2/h10,12-13H,5-9H2,1-4H3,(H2,15,18)(H,16,17);9,11-12H,4-8H2,1-3H3,(H,14,17)(H,15,16);3H2,1-2H3;1-2H3. The largest absolute Gasteiger partial charge is 0.381 e. The highest BCUT2D eigenvalue weighted by Gasteiger charge is 2.27. The second kappa shape index (κ2) is 29.8. The maximum Gasteiger partial charge on any atom is 0.245 e. The number of carbonyl (C=O) groups excluding carboxylic acids is 4. The van der Waals surface area contributed by atoms with Crippen molar-refractivity contribution in [2.24, 2.45) is 17.6 Å². The lowest BCUT2D eigenvalue weighted by molar-refractivity contribution is -0.132. The lowest BCUT2D eigenvalue weighted by Gasteiger charge is -2.27. The van der Waals surface area contributed by atoms with E-state index in [1.54, 1.807) is 20.9 Å². The van der Waals surface area contributed by atoms with Gasteiger partial charge in [0.05, 0.1) is 18.8 Å². The molecule has 4 amide bonds. The van der Waals surface area contributed by atoms with Crippen LogP contribution >= 0.6 is 0 Å². The van der Waals surface area contributed by atoms with Gasteiger partial charge in [-0.1, -0.05) is 67.2 Å². The van der Waals surface area contributed by atoms with Crippen LogP contribution in [0.1, 0.15) is 114 Å². The predicted molar refractivity (Wildman–Crippen MR) is 173 cm³/mol. The van der Waals surface area contributed by atoms with Crippen molar-refractivity contribution in [3.05, 3.63) is 0 Å². The number of likely N-dealkylation sites (N-methyl/N-ethyl adjacent to an activating group) is 1. The van der Waals surface area contributed by atoms with E-state index in [2.05, 4.69) is 43.6 Å². The van der Waals surface area contributed by atoms with Crippen LogP contribution in [-0.4, -0.2) is 81.4 Å². The summed E-state index contributed by atoms with van der Waals surface area (Å²) in [5.41, 5.74) is 5.26. The topological polar surface area (TPSA) is 158 Å². The monoisotopic (exact) mass is 618 g/mol. The van der Waals surface area contributed by atoms with Gasteiger partial charge in [0.1, 0.15) is 12.1 Å². The number of nitrogens with one attached hydrogen (secondary N) is 3. The van der Waals surface area contributed by atoms with E-state index in [1.165, 1.54) is 33.1 Å². The smallest absolute Gasteiger partial charge is 0.245 e. The highest BCUT2D eigenvalue weighted by atomic mass is 16.5. The Balaban J connectivity index is -0.000000646. The Morgan fingerprint density at radius 2 is 1.35 bits per heavy atom. The summed E-state index contributed by atoms with van der Waals surface area (Å²) in [6, 6.07) is -1.41. The normalized spacial score (nSPS) is 16.1. The van der Waals surface area contributed by atoms with Crippen LogP contribution in [0.25, 0.3) is 0 Å². The van der Waals surface area contributed by atoms with Gasteiger partial charge >= 0.3 is 0 Å². The van der Waals surface area contributed by atoms with Gasteiger partial charge in [-0.2, -0.15) is 0 Å². The van der Waals surface area contributed by atoms with E-state index in [0.717, 1.165) is 38.9 Å². The third kappa shape index (κ3) is 24.9. The first-order chi connectivity index (χ1) is 20.4. The van der Waals surface area contributed by atoms with Crippen LogP contribution in [-0.2, 0) is 33.4 Å². The van der Waals surface area contributed by atoms with Crippen molar-refractivity contribution in [3.63, 3.8) is 0 Å². The summed E-state index contributed by atoms with van der Waals surface area (Å²) >= 11 is 0. The minimum Gasteiger partial charge on any atom is -0.381 e. The Morgan fingerprint density at radius 3 is 1.77 bits per heavy atom. The van der Waals surface area contributed by atoms with Crippen LogP contribution < -0.4 is 21.7 Å². The minimum absolute atomic E-state index is 0.241. The summed E-state index contributed by atoms with van der Waals surface area (Å²) in [5, 5.41) is 7.67. The summed E-state index contributed by atoms with van der Waals surface area (Å²) < 4.78 is 16.7. The predicted octanol–water partition coefficient (Wildman–Crippen LogP) is 4.11. The SMILES string of the molecule is CC.CCC.CCCC(CC)CCOC(C)C(NC(C)=O)C(N)=O.CNC(=O)C(NC(C)=O)C(C)OCC1CCOCC1. The van der Waals surface area contributed by atoms with Crippen molar-refractivity contribution in [2.45, 2.75) is 138 Å². The van der Waals surface area contributed by atoms with E-state index in [9.17, 15) is 19.2 Å². The molecule has 0 aliphatic carbocycles. The first kappa shape index (κ1) is 45.2. The maximum atomic E-state index is 11.7. The summed E-state index contributed by atoms with van der Waals surface area (Å²) in [5.74, 6) is -0.200. The second-order valence-electron chi connectivity index (χ2n) is 10.6. The van der Waals surface area contributed by atoms with Gasteiger partial charge in [-0.15, -0.1) is 0 Å². The number of rotatable bonds is 16. The molecule has 5 atom stereocenters. The molecule has 0 aromatic heterocycles. The Labute approximate surface area is 262 Å². The molecule has 0 aromatic carbocycles. The van der Waals surface area contributed by atoms with Gasteiger partial charge in [0.25, 0.3) is 0 Å². The zero-order valence-corrected chi connectivity index (χ0v) is 29.2. The molecule has 0 spiro atoms. The van der Waals surface area contributed by atoms with Gasteiger partial charge in [-0.25, -0.2) is 0 Å². The molecule has 0 saturated carbocycles. The first-order valence-electron chi connectivity index (χ1n) is 16.2. The molecule has 1 fully saturated rings. The molecule has 1 rings (SSSR count). The van der Waals surface area contributed by atoms with Crippen LogP contribution in [0.2, 0.25) is 0 Å². The molecule has 1 aliphatic rings. The third-order valence-corrected chi connectivity index (χ3v) is 6.61. The molecule has 256 valence electrons. The summed E-state index contributed by atoms with van der Waals surface area (Å²) in [4.78, 5) is 45.1. The van der Waals surface area contributed by atoms with E-state index < -0.39 is 24.1 Å². The molecule has 5 unspecified atom stereocenters. The molecular formula is C32H66N4O7. The average Bonchev–Trinajstić information content (AvgIpc) is 2.98. The van der Waals surface area contributed by atoms with Gasteiger partial charge in [-0.3, -0.25) is 19.2 Å². The first-order valence-corrected chi connectivity index (χ1v) is 16.2. The van der Waals surface area contributed by atoms with Crippen molar-refractivity contribution in [3.8, 4) is 0 Å². The molecule has 5 N–H and O–H groups in total. The molecule has 11 heteroatoms. The summed E-state index contributed by atoms with van der Waals surface area (Å²) in [6.45, 7) is 21.6. The van der Waals surface area contributed by atoms with E-state index in [1.807, 2.05) is 13.8 Å². The summed E-state index contributed by atoms with van der Waals surface area (Å²) in [6.07, 6.45) is 6.93. The van der Waals surface area contributed by atoms with Crippen molar-refractivity contribution in [1.82, 2.24) is 16.0 Å². The lowest BCUT2D eigenvalue weighted by Crippen LogP contribution is -2.52. The lowest BCUT2D eigenvalue weighted by atomic mass is 9.97. The highest BCUT2D eigenvalue weighted by Crippen LogP contribution is 2.17. The van der Waals surface area contributed by atoms with E-state index in [4.69, 9.17) is 19.9 Å². The van der Waals surface area contributed by atoms with Crippen LogP contribution in [0.15, 0.2) is 0 Å². The number of amides is 4. The number of primary amides is 1. The second-order valence-corrected chi connectivity index (χ2v) is 10.6. The molecule has 1 heterocycles. The third-order valence-electron chi connectivity index (χ3n) is 6.61. The van der Waals surface area contributed by atoms with E-state index >= 15 is 0 Å². The summed E-state index contributed by atoms with van der Waals surface area (Å²) in [7, 11) is 1.54. The molecule has 1 aliphatic heterocycles. The number of carbonyl (C=O) groups is 4. The fourth-order valence-corrected chi connectivity index (χ4v) is 4.18. The van der Waals surface area contributed by atoms with Crippen molar-refractivity contribution < 1.29 is 33.4 Å². The van der Waals surface area contributed by atoms with Crippen LogP contribution in [0.5, 0.6) is 0 Å². The number of hydrogen-bond acceptors (Lipinski definition) is 7. The minimum atomic E-state index is -0.760. The van der Waals surface area contributed by atoms with Gasteiger partial charge in [0.15, 0.2) is 0 Å². The Hall–Kier alpha value is -2.24. The van der Waals surface area contributed by atoms with Crippen LogP contribution in [0.4, 0.5) is 0 Å². The van der Waals surface area contributed by atoms with Gasteiger partial charge < -0.3 is 35.9 Å². The molecular weight excluding hydrogens is 552 g/mol. The van der Waals surface area contributed by atoms with Crippen molar-refractivity contribution in [1.29, 1.82) is 0 Å². The van der Waals surface area contributed by atoms with Gasteiger partial charge in [0.2, 0.25) is 23.6 Å². The average molecular weight is 619 g/mol. The Bertz CT molecular complexity index is 718. The van der Waals surface area contributed by atoms with Gasteiger partial charge in [-0.05, 0) is 44.9 Å². The van der Waals surface area contributed by atoms with Crippen molar-refractivity contribution in [2.75, 3.05) is 33.5 Å². The zero-order valence-electron chi connectivity index (χ0n) is 29.2. The molecule has 0 aromatic rings. The van der Waals surface area contributed by atoms with E-state index in [-0.39, 0.29) is 23.8 Å². The molecule has 43 heavy (non-hydrogen) atoms. The number of ether oxygens (including phenoxy) is 3. The van der Waals surface area contributed by atoms with Crippen molar-refractivity contribution >= 4 is 23.6 Å². The quantitative estimate of drug-likeness (QED) is 0.203.